The van der Waals surface area contributed by atoms with Gasteiger partial charge in [-0.05, 0) is 122 Å². The standard InChI is InChI=1S/C48H62N4O14S2/c1-21-25(7-9-39(55)63-5)35-18-36-26(8-10-40(56)64-6)22(2)31(52-36)16-34-28(12-14-68-48-46(62)44(60)42(58)38(20-54)66-48)24(4)32(51-34)17-33-27(23(3)30(49-33)15-29(21)50-35)11-13-67-47-45(61)43(59)41(57)37(19-53)65-47/h15-18,37-38,41-48,50,52-54,57-62H,7-14,19-20H2,1-6H3/t37-,38-,41+,42+,43+,44+,45-,46-,47+,48+/m1/s1. The van der Waals surface area contributed by atoms with E-state index in [2.05, 4.69) is 9.97 Å². The van der Waals surface area contributed by atoms with Crippen molar-refractivity contribution in [1.82, 2.24) is 19.9 Å². The van der Waals surface area contributed by atoms with Gasteiger partial charge in [0.25, 0.3) is 0 Å². The predicted octanol–water partition coefficient (Wildman–Crippen LogP) is 2.85. The van der Waals surface area contributed by atoms with Crippen molar-refractivity contribution in [1.29, 1.82) is 0 Å². The number of thioether (sulfide) groups is 2. The molecule has 370 valence electrons. The van der Waals surface area contributed by atoms with Crippen LogP contribution >= 0.6 is 23.5 Å². The van der Waals surface area contributed by atoms with Crippen molar-refractivity contribution in [3.05, 3.63) is 69.3 Å². The maximum Gasteiger partial charge on any atom is 0.305 e. The van der Waals surface area contributed by atoms with Crippen LogP contribution in [0.3, 0.4) is 0 Å². The van der Waals surface area contributed by atoms with Gasteiger partial charge in [0.2, 0.25) is 0 Å². The number of aromatic nitrogens is 4. The maximum absolute atomic E-state index is 12.5. The number of hydrogen-bond acceptors (Lipinski definition) is 18. The van der Waals surface area contributed by atoms with Crippen LogP contribution in [0.4, 0.5) is 0 Å². The molecule has 0 aromatic carbocycles. The van der Waals surface area contributed by atoms with E-state index in [-0.39, 0.29) is 24.8 Å². The minimum atomic E-state index is -1.50. The molecule has 3 aromatic rings. The highest BCUT2D eigenvalue weighted by molar-refractivity contribution is 8.00. The topological polar surface area (TPSA) is 290 Å². The lowest BCUT2D eigenvalue weighted by molar-refractivity contribution is -0.205. The number of methoxy groups -OCH3 is 2. The zero-order valence-electron chi connectivity index (χ0n) is 38.9. The van der Waals surface area contributed by atoms with Crippen molar-refractivity contribution in [3.8, 4) is 0 Å². The molecule has 2 saturated heterocycles. The molecule has 4 aliphatic rings. The van der Waals surface area contributed by atoms with E-state index in [0.717, 1.165) is 66.6 Å². The molecule has 7 rings (SSSR count). The number of aromatic amines is 2. The molecular weight excluding hydrogens is 921 g/mol. The third kappa shape index (κ3) is 10.8. The number of rotatable bonds is 16. The molecule has 0 unspecified atom stereocenters. The summed E-state index contributed by atoms with van der Waals surface area (Å²) in [5, 5.41) is 82.8. The van der Waals surface area contributed by atoms with Gasteiger partial charge in [0, 0.05) is 46.4 Å². The molecule has 0 spiro atoms. The van der Waals surface area contributed by atoms with Gasteiger partial charge in [-0.1, -0.05) is 0 Å². The first kappa shape index (κ1) is 51.7. The second kappa shape index (κ2) is 22.3. The van der Waals surface area contributed by atoms with E-state index in [4.69, 9.17) is 28.9 Å². The average molecular weight is 983 g/mol. The molecular formula is C48H62N4O14S2. The lowest BCUT2D eigenvalue weighted by Gasteiger charge is -2.39. The molecule has 0 aliphatic carbocycles. The van der Waals surface area contributed by atoms with Gasteiger partial charge in [-0.2, -0.15) is 0 Å². The number of aliphatic hydroxyl groups is 8. The number of carbonyl (C=O) groups excluding carboxylic acids is 2. The molecule has 0 amide bonds. The van der Waals surface area contributed by atoms with E-state index in [9.17, 15) is 50.4 Å². The van der Waals surface area contributed by atoms with Crippen LogP contribution in [0.25, 0.3) is 44.4 Å². The Morgan fingerprint density at radius 1 is 0.559 bits per heavy atom. The summed E-state index contributed by atoms with van der Waals surface area (Å²) in [5.74, 6) is 0.0974. The molecule has 18 nitrogen and oxygen atoms in total. The number of hydrogen-bond donors (Lipinski definition) is 10. The van der Waals surface area contributed by atoms with Crippen LogP contribution in [-0.2, 0) is 41.4 Å². The highest BCUT2D eigenvalue weighted by Crippen LogP contribution is 2.40. The largest absolute Gasteiger partial charge is 0.469 e. The van der Waals surface area contributed by atoms with Crippen LogP contribution in [0.1, 0.15) is 84.6 Å². The number of nitrogens with zero attached hydrogens (tertiary/aromatic N) is 2. The first-order valence-electron chi connectivity index (χ1n) is 22.6. The monoisotopic (exact) mass is 982 g/mol. The number of aryl methyl sites for hydroxylation is 4. The quantitative estimate of drug-likeness (QED) is 0.0924. The first-order valence-corrected chi connectivity index (χ1v) is 24.7. The van der Waals surface area contributed by atoms with Gasteiger partial charge < -0.3 is 69.8 Å². The van der Waals surface area contributed by atoms with Gasteiger partial charge >= 0.3 is 11.9 Å². The normalized spacial score (nSPS) is 26.4. The van der Waals surface area contributed by atoms with Crippen molar-refractivity contribution in [2.24, 2.45) is 0 Å². The van der Waals surface area contributed by atoms with Gasteiger partial charge in [-0.25, -0.2) is 9.97 Å². The smallest absolute Gasteiger partial charge is 0.305 e. The molecule has 8 bridgehead atoms. The minimum Gasteiger partial charge on any atom is -0.469 e. The zero-order chi connectivity index (χ0) is 49.1. The van der Waals surface area contributed by atoms with Crippen molar-refractivity contribution < 1.29 is 69.4 Å². The Kier molecular flexibility index (Phi) is 16.9. The summed E-state index contributed by atoms with van der Waals surface area (Å²) < 4.78 is 21.6. The van der Waals surface area contributed by atoms with Crippen LogP contribution in [0.2, 0.25) is 0 Å². The molecule has 20 heteroatoms. The summed E-state index contributed by atoms with van der Waals surface area (Å²) in [6.45, 7) is 6.83. The fraction of sp³-hybridized carbons (Fsp3) is 0.542. The summed E-state index contributed by atoms with van der Waals surface area (Å²) in [4.78, 5) is 42.6. The van der Waals surface area contributed by atoms with Gasteiger partial charge in [0.05, 0.1) is 50.2 Å². The van der Waals surface area contributed by atoms with E-state index >= 15 is 0 Å². The second-order valence-corrected chi connectivity index (χ2v) is 19.9. The number of nitrogens with one attached hydrogen (secondary N) is 2. The summed E-state index contributed by atoms with van der Waals surface area (Å²) in [7, 11) is 2.71. The third-order valence-electron chi connectivity index (χ3n) is 13.4. The zero-order valence-corrected chi connectivity index (χ0v) is 40.5. The summed E-state index contributed by atoms with van der Waals surface area (Å²) in [6, 6.07) is 7.85. The lowest BCUT2D eigenvalue weighted by Crippen LogP contribution is -2.57. The number of H-pyrrole nitrogens is 2. The fourth-order valence-electron chi connectivity index (χ4n) is 9.11. The SMILES string of the molecule is COC(=O)CCc1c(C)c2cc3nc(cc4nc(cc5[nH]c(cc1[nH]2)c(CCC(=O)OC)c5C)C(CCS[C@@H]1O[C@H](CO)[C@H](O)[C@H](O)[C@H]1O)=C4C)C(CCS[C@@H]1O[C@H](CO)[C@H](O)[C@H](O)[C@H]1O)=C3C. The maximum atomic E-state index is 12.5. The van der Waals surface area contributed by atoms with Crippen LogP contribution in [-0.4, -0.2) is 171 Å². The highest BCUT2D eigenvalue weighted by atomic mass is 32.2. The van der Waals surface area contributed by atoms with Crippen molar-refractivity contribution in [2.45, 2.75) is 126 Å². The predicted molar refractivity (Wildman–Crippen MR) is 258 cm³/mol. The second-order valence-electron chi connectivity index (χ2n) is 17.4. The average Bonchev–Trinajstić information content (AvgIpc) is 3.99. The molecule has 7 heterocycles. The Morgan fingerprint density at radius 3 is 1.37 bits per heavy atom. The Bertz CT molecular complexity index is 2590. The Balaban J connectivity index is 1.37. The van der Waals surface area contributed by atoms with Gasteiger partial charge in [0.15, 0.2) is 0 Å². The van der Waals surface area contributed by atoms with Crippen molar-refractivity contribution in [2.75, 3.05) is 38.9 Å². The van der Waals surface area contributed by atoms with Crippen molar-refractivity contribution in [3.63, 3.8) is 0 Å². The summed E-state index contributed by atoms with van der Waals surface area (Å²) >= 11 is 2.50. The van der Waals surface area contributed by atoms with Crippen LogP contribution in [0.5, 0.6) is 0 Å². The van der Waals surface area contributed by atoms with Crippen molar-refractivity contribution >= 4 is 79.8 Å². The summed E-state index contributed by atoms with van der Waals surface area (Å²) in [5.41, 5.74) is 10.9. The van der Waals surface area contributed by atoms with Crippen LogP contribution < -0.4 is 0 Å². The molecule has 10 N–H and O–H groups in total. The van der Waals surface area contributed by atoms with E-state index < -0.39 is 72.9 Å². The van der Waals surface area contributed by atoms with E-state index in [1.54, 1.807) is 0 Å². The lowest BCUT2D eigenvalue weighted by atomic mass is 10.0. The molecule has 3 aromatic heterocycles. The number of aliphatic hydroxyl groups excluding tert-OH is 8. The first-order chi connectivity index (χ1) is 32.5. The third-order valence-corrected chi connectivity index (χ3v) is 15.7. The van der Waals surface area contributed by atoms with Crippen LogP contribution in [0.15, 0.2) is 24.3 Å². The van der Waals surface area contributed by atoms with Gasteiger partial charge in [-0.15, -0.1) is 23.5 Å². The highest BCUT2D eigenvalue weighted by Gasteiger charge is 2.44. The molecule has 0 radical (unpaired) electrons. The molecule has 4 aliphatic heterocycles. The fourth-order valence-corrected chi connectivity index (χ4v) is 11.4. The van der Waals surface area contributed by atoms with Gasteiger partial charge in [0.1, 0.15) is 59.7 Å². The molecule has 68 heavy (non-hydrogen) atoms. The molecule has 10 atom stereocenters. The Morgan fingerprint density at radius 2 is 0.956 bits per heavy atom. The van der Waals surface area contributed by atoms with E-state index in [1.807, 2.05) is 52.0 Å². The van der Waals surface area contributed by atoms with E-state index in [0.29, 0.717) is 60.0 Å². The number of ether oxygens (including phenoxy) is 4. The summed E-state index contributed by atoms with van der Waals surface area (Å²) in [6.07, 6.45) is -8.91. The Hall–Kier alpha value is -4.16. The minimum absolute atomic E-state index is 0.133. The number of carbonyl (C=O) groups is 2. The number of esters is 2. The number of allylic oxidation sites excluding steroid dienone is 4. The van der Waals surface area contributed by atoms with E-state index in [1.165, 1.54) is 37.7 Å². The molecule has 2 fully saturated rings. The van der Waals surface area contributed by atoms with Crippen LogP contribution in [0, 0.1) is 13.8 Å². The Labute approximate surface area is 401 Å². The van der Waals surface area contributed by atoms with Gasteiger partial charge in [-0.3, -0.25) is 9.59 Å². The number of fused-ring (bicyclic) bond motifs is 8. The molecule has 0 saturated carbocycles.